The molecule has 84 valence electrons. The molecule has 0 radical (unpaired) electrons. The van der Waals surface area contributed by atoms with Crippen molar-refractivity contribution < 1.29 is 15.0 Å². The van der Waals surface area contributed by atoms with Gasteiger partial charge in [-0.3, -0.25) is 0 Å². The Hall–Kier alpha value is -0.590. The molecule has 0 fully saturated rings. The Morgan fingerprint density at radius 2 is 2.06 bits per heavy atom. The lowest BCUT2D eigenvalue weighted by atomic mass is 10.1. The van der Waals surface area contributed by atoms with Crippen molar-refractivity contribution in [2.24, 2.45) is 0 Å². The first-order chi connectivity index (χ1) is 7.43. The first kappa shape index (κ1) is 11.9. The van der Waals surface area contributed by atoms with Crippen molar-refractivity contribution in [3.05, 3.63) is 25.5 Å². The van der Waals surface area contributed by atoms with Crippen LogP contribution in [-0.2, 0) is 0 Å². The molecule has 0 bridgehead atoms. The quantitative estimate of drug-likeness (QED) is 0.798. The zero-order chi connectivity index (χ0) is 12.0. The molecule has 3 nitrogen and oxygen atoms in total. The van der Waals surface area contributed by atoms with Crippen LogP contribution in [0, 0.1) is 6.92 Å². The van der Waals surface area contributed by atoms with E-state index in [1.807, 2.05) is 0 Å². The van der Waals surface area contributed by atoms with Crippen molar-refractivity contribution in [1.82, 2.24) is 0 Å². The molecule has 1 heterocycles. The van der Waals surface area contributed by atoms with Crippen molar-refractivity contribution in [3.63, 3.8) is 0 Å². The Bertz CT molecular complexity index is 604. The molecule has 0 aliphatic carbocycles. The fourth-order valence-electron chi connectivity index (χ4n) is 1.52. The van der Waals surface area contributed by atoms with Crippen LogP contribution in [0.2, 0.25) is 0 Å². The van der Waals surface area contributed by atoms with Gasteiger partial charge in [-0.05, 0) is 50.4 Å². The summed E-state index contributed by atoms with van der Waals surface area (Å²) in [6.07, 6.45) is 0. The van der Waals surface area contributed by atoms with Gasteiger partial charge in [-0.15, -0.1) is 11.3 Å². The molecule has 2 rings (SSSR count). The third-order valence-corrected chi connectivity index (χ3v) is 4.88. The van der Waals surface area contributed by atoms with Gasteiger partial charge in [0.05, 0.1) is 8.95 Å². The number of aromatic carboxylic acids is 1. The molecule has 16 heavy (non-hydrogen) atoms. The normalized spacial score (nSPS) is 10.9. The van der Waals surface area contributed by atoms with Crippen molar-refractivity contribution >= 4 is 59.3 Å². The molecule has 0 unspecified atom stereocenters. The zero-order valence-corrected chi connectivity index (χ0v) is 12.0. The van der Waals surface area contributed by atoms with Gasteiger partial charge in [-0.25, -0.2) is 4.79 Å². The molecule has 0 aliphatic heterocycles. The highest BCUT2D eigenvalue weighted by molar-refractivity contribution is 9.11. The minimum atomic E-state index is -0.943. The third kappa shape index (κ3) is 1.65. The number of phenolic OH excluding ortho intramolecular Hbond substituents is 1. The van der Waals surface area contributed by atoms with Gasteiger partial charge in [0.1, 0.15) is 10.6 Å². The Balaban J connectivity index is 2.93. The summed E-state index contributed by atoms with van der Waals surface area (Å²) in [6.45, 7) is 1.74. The number of aryl methyl sites for hydroxylation is 1. The molecular formula is C10H6Br2O3S. The molecule has 0 saturated carbocycles. The summed E-state index contributed by atoms with van der Waals surface area (Å²) < 4.78 is 1.90. The SMILES string of the molecule is Cc1c(C(=O)O)sc2cc(Br)c(O)c(Br)c12. The second-order valence-electron chi connectivity index (χ2n) is 3.26. The van der Waals surface area contributed by atoms with E-state index in [0.29, 0.717) is 19.4 Å². The summed E-state index contributed by atoms with van der Waals surface area (Å²) in [4.78, 5) is 11.3. The van der Waals surface area contributed by atoms with E-state index in [4.69, 9.17) is 5.11 Å². The number of fused-ring (bicyclic) bond motifs is 1. The molecule has 0 saturated heterocycles. The fourth-order valence-corrected chi connectivity index (χ4v) is 4.32. The van der Waals surface area contributed by atoms with Crippen LogP contribution >= 0.6 is 43.2 Å². The Morgan fingerprint density at radius 1 is 1.44 bits per heavy atom. The fraction of sp³-hybridized carbons (Fsp3) is 0.100. The van der Waals surface area contributed by atoms with Crippen LogP contribution < -0.4 is 0 Å². The molecule has 2 N–H and O–H groups in total. The highest BCUT2D eigenvalue weighted by Crippen LogP contribution is 2.44. The molecule has 1 aromatic carbocycles. The van der Waals surface area contributed by atoms with Crippen molar-refractivity contribution in [1.29, 1.82) is 0 Å². The number of hydrogen-bond donors (Lipinski definition) is 2. The van der Waals surface area contributed by atoms with Gasteiger partial charge in [0.2, 0.25) is 0 Å². The summed E-state index contributed by atoms with van der Waals surface area (Å²) >= 11 is 7.69. The zero-order valence-electron chi connectivity index (χ0n) is 8.04. The van der Waals surface area contributed by atoms with E-state index >= 15 is 0 Å². The van der Waals surface area contributed by atoms with Gasteiger partial charge in [-0.1, -0.05) is 0 Å². The minimum Gasteiger partial charge on any atom is -0.506 e. The Morgan fingerprint density at radius 3 is 2.62 bits per heavy atom. The maximum Gasteiger partial charge on any atom is 0.346 e. The van der Waals surface area contributed by atoms with E-state index < -0.39 is 5.97 Å². The monoisotopic (exact) mass is 364 g/mol. The van der Waals surface area contributed by atoms with Crippen LogP contribution in [0.1, 0.15) is 15.2 Å². The summed E-state index contributed by atoms with van der Waals surface area (Å²) in [7, 11) is 0. The molecule has 1 aromatic heterocycles. The van der Waals surface area contributed by atoms with Crippen molar-refractivity contribution in [3.8, 4) is 5.75 Å². The van der Waals surface area contributed by atoms with Crippen LogP contribution in [0.5, 0.6) is 5.75 Å². The maximum atomic E-state index is 11.0. The van der Waals surface area contributed by atoms with Gasteiger partial charge in [0.15, 0.2) is 0 Å². The summed E-state index contributed by atoms with van der Waals surface area (Å²) in [6, 6.07) is 1.72. The smallest absolute Gasteiger partial charge is 0.346 e. The van der Waals surface area contributed by atoms with Gasteiger partial charge in [0.25, 0.3) is 0 Å². The van der Waals surface area contributed by atoms with Crippen LogP contribution in [0.4, 0.5) is 0 Å². The second-order valence-corrected chi connectivity index (χ2v) is 5.95. The molecule has 0 spiro atoms. The maximum absolute atomic E-state index is 11.0. The number of hydrogen-bond acceptors (Lipinski definition) is 3. The summed E-state index contributed by atoms with van der Waals surface area (Å²) in [5.41, 5.74) is 0.669. The highest BCUT2D eigenvalue weighted by atomic mass is 79.9. The van der Waals surface area contributed by atoms with E-state index in [2.05, 4.69) is 31.9 Å². The molecule has 0 atom stereocenters. The lowest BCUT2D eigenvalue weighted by Gasteiger charge is -2.02. The first-order valence-electron chi connectivity index (χ1n) is 4.26. The number of carbonyl (C=O) groups is 1. The molecular weight excluding hydrogens is 360 g/mol. The van der Waals surface area contributed by atoms with E-state index in [-0.39, 0.29) is 5.75 Å². The van der Waals surface area contributed by atoms with Gasteiger partial charge in [0, 0.05) is 10.1 Å². The topological polar surface area (TPSA) is 57.5 Å². The highest BCUT2D eigenvalue weighted by Gasteiger charge is 2.19. The average molecular weight is 366 g/mol. The molecule has 0 aliphatic rings. The Labute approximate surface area is 112 Å². The van der Waals surface area contributed by atoms with Crippen LogP contribution in [0.3, 0.4) is 0 Å². The lowest BCUT2D eigenvalue weighted by Crippen LogP contribution is -1.93. The van der Waals surface area contributed by atoms with Crippen molar-refractivity contribution in [2.45, 2.75) is 6.92 Å². The summed E-state index contributed by atoms with van der Waals surface area (Å²) in [5.74, 6) is -0.855. The standard InChI is InChI=1S/C10H6Br2O3S/c1-3-6-5(16-9(3)10(14)15)2-4(11)8(13)7(6)12/h2,13H,1H3,(H,14,15). The van der Waals surface area contributed by atoms with Gasteiger partial charge >= 0.3 is 5.97 Å². The number of halogens is 2. The average Bonchev–Trinajstić information content (AvgIpc) is 2.52. The number of phenols is 1. The molecule has 0 amide bonds. The Kier molecular flexibility index (Phi) is 2.98. The van der Waals surface area contributed by atoms with Crippen LogP contribution in [0.15, 0.2) is 15.0 Å². The number of benzene rings is 1. The number of aromatic hydroxyl groups is 1. The molecule has 6 heteroatoms. The third-order valence-electron chi connectivity index (χ3n) is 2.28. The number of carboxylic acids is 1. The summed E-state index contributed by atoms with van der Waals surface area (Å²) in [5, 5.41) is 19.5. The number of rotatable bonds is 1. The molecule has 2 aromatic rings. The van der Waals surface area contributed by atoms with Gasteiger partial charge < -0.3 is 10.2 Å². The van der Waals surface area contributed by atoms with E-state index in [9.17, 15) is 9.90 Å². The lowest BCUT2D eigenvalue weighted by molar-refractivity contribution is 0.0701. The number of carboxylic acid groups (broad SMARTS) is 1. The number of thiophene rings is 1. The minimum absolute atomic E-state index is 0.0883. The first-order valence-corrected chi connectivity index (χ1v) is 6.67. The van der Waals surface area contributed by atoms with E-state index in [1.54, 1.807) is 13.0 Å². The van der Waals surface area contributed by atoms with E-state index in [0.717, 1.165) is 10.1 Å². The predicted molar refractivity (Wildman–Crippen MR) is 70.6 cm³/mol. The predicted octanol–water partition coefficient (Wildman–Crippen LogP) is 4.14. The van der Waals surface area contributed by atoms with Crippen LogP contribution in [0.25, 0.3) is 10.1 Å². The van der Waals surface area contributed by atoms with Gasteiger partial charge in [-0.2, -0.15) is 0 Å². The second kappa shape index (κ2) is 4.01. The van der Waals surface area contributed by atoms with Crippen molar-refractivity contribution in [2.75, 3.05) is 0 Å². The van der Waals surface area contributed by atoms with Crippen LogP contribution in [-0.4, -0.2) is 16.2 Å². The largest absolute Gasteiger partial charge is 0.506 e. The van der Waals surface area contributed by atoms with E-state index in [1.165, 1.54) is 11.3 Å².